The first-order valence-corrected chi connectivity index (χ1v) is 4.67. The molecular weight excluding hydrogens is 244 g/mol. The Morgan fingerprint density at radius 2 is 2.23 bits per heavy atom. The van der Waals surface area contributed by atoms with Gasteiger partial charge in [0.05, 0.1) is 5.69 Å². The van der Waals surface area contributed by atoms with Crippen LogP contribution in [0.5, 0.6) is 0 Å². The van der Waals surface area contributed by atoms with Gasteiger partial charge in [0.1, 0.15) is 5.69 Å². The largest absolute Gasteiger partial charge is 0.399 e. The van der Waals surface area contributed by atoms with E-state index in [-0.39, 0.29) is 5.69 Å². The molecule has 0 aliphatic carbocycles. The smallest absolute Gasteiger partial charge is 0.319 e. The molecule has 1 heterocycles. The van der Waals surface area contributed by atoms with E-state index in [1.807, 2.05) is 0 Å². The van der Waals surface area contributed by atoms with E-state index >= 15 is 0 Å². The fraction of sp³-hybridized carbons (Fsp3) is 0.375. The van der Waals surface area contributed by atoms with Gasteiger partial charge in [-0.2, -0.15) is 8.78 Å². The molecule has 0 radical (unpaired) electrons. The van der Waals surface area contributed by atoms with Crippen LogP contribution < -0.4 is 0 Å². The molecule has 0 fully saturated rings. The monoisotopic (exact) mass is 251 g/mol. The molecule has 0 aliphatic rings. The topological polar surface area (TPSA) is 22.1 Å². The van der Waals surface area contributed by atoms with Gasteiger partial charge >= 0.3 is 6.11 Å². The zero-order valence-corrected chi connectivity index (χ0v) is 8.51. The van der Waals surface area contributed by atoms with E-state index in [9.17, 15) is 8.78 Å². The lowest BCUT2D eigenvalue weighted by molar-refractivity contribution is -0.234. The van der Waals surface area contributed by atoms with Crippen molar-refractivity contribution in [1.29, 1.82) is 0 Å². The van der Waals surface area contributed by atoms with Crippen molar-refractivity contribution < 1.29 is 13.5 Å². The van der Waals surface area contributed by atoms with Crippen molar-refractivity contribution in [3.05, 3.63) is 29.6 Å². The minimum absolute atomic E-state index is 0.369. The van der Waals surface area contributed by atoms with Crippen molar-refractivity contribution in [3.63, 3.8) is 0 Å². The van der Waals surface area contributed by atoms with E-state index in [0.29, 0.717) is 11.0 Å². The Balaban J connectivity index is 3.01. The number of hydrogen-bond donors (Lipinski definition) is 0. The number of methoxy groups -OCH3 is 1. The number of halogens is 3. The fourth-order valence-electron chi connectivity index (χ4n) is 0.821. The predicted octanol–water partition coefficient (Wildman–Crippen LogP) is 2.67. The third-order valence-corrected chi connectivity index (χ3v) is 2.07. The van der Waals surface area contributed by atoms with Gasteiger partial charge in [0.2, 0.25) is 0 Å². The Labute approximate surface area is 83.1 Å². The van der Waals surface area contributed by atoms with Crippen LogP contribution in [-0.4, -0.2) is 12.1 Å². The number of hydrogen-bond acceptors (Lipinski definition) is 2. The Hall–Kier alpha value is -0.550. The van der Waals surface area contributed by atoms with E-state index in [1.165, 1.54) is 12.1 Å². The van der Waals surface area contributed by atoms with Gasteiger partial charge in [-0.05, 0) is 12.1 Å². The highest BCUT2D eigenvalue weighted by Crippen LogP contribution is 2.26. The van der Waals surface area contributed by atoms with Crippen LogP contribution in [0.3, 0.4) is 0 Å². The minimum atomic E-state index is -3.31. The zero-order valence-electron chi connectivity index (χ0n) is 6.93. The number of rotatable bonds is 3. The molecule has 1 aromatic rings. The molecule has 0 N–H and O–H groups in total. The molecule has 0 aliphatic heterocycles. The highest BCUT2D eigenvalue weighted by atomic mass is 79.9. The van der Waals surface area contributed by atoms with Crippen LogP contribution >= 0.6 is 15.9 Å². The maximum absolute atomic E-state index is 12.9. The summed E-state index contributed by atoms with van der Waals surface area (Å²) in [6.45, 7) is 0. The second-order valence-electron chi connectivity index (χ2n) is 2.37. The molecule has 0 atom stereocenters. The summed E-state index contributed by atoms with van der Waals surface area (Å²) >= 11 is 3.13. The lowest BCUT2D eigenvalue weighted by Gasteiger charge is -2.13. The number of pyridine rings is 1. The molecule has 72 valence electrons. The Bertz CT molecular complexity index is 293. The molecule has 0 saturated heterocycles. The molecule has 2 nitrogen and oxygen atoms in total. The van der Waals surface area contributed by atoms with Crippen LogP contribution in [0.15, 0.2) is 18.2 Å². The van der Waals surface area contributed by atoms with Crippen LogP contribution in [0.25, 0.3) is 0 Å². The quantitative estimate of drug-likeness (QED) is 0.771. The maximum Gasteiger partial charge on any atom is 0.399 e. The third-order valence-electron chi connectivity index (χ3n) is 1.50. The van der Waals surface area contributed by atoms with E-state index < -0.39 is 6.11 Å². The highest BCUT2D eigenvalue weighted by Gasteiger charge is 2.32. The van der Waals surface area contributed by atoms with Crippen molar-refractivity contribution >= 4 is 15.9 Å². The van der Waals surface area contributed by atoms with Crippen LogP contribution in [0.1, 0.15) is 11.4 Å². The molecule has 0 saturated carbocycles. The first kappa shape index (κ1) is 10.5. The van der Waals surface area contributed by atoms with E-state index in [1.54, 1.807) is 6.07 Å². The van der Waals surface area contributed by atoms with Gasteiger partial charge in [0, 0.05) is 12.4 Å². The molecule has 0 amide bonds. The van der Waals surface area contributed by atoms with Gasteiger partial charge in [-0.1, -0.05) is 22.0 Å². The predicted molar refractivity (Wildman–Crippen MR) is 47.8 cm³/mol. The van der Waals surface area contributed by atoms with Crippen molar-refractivity contribution in [2.75, 3.05) is 7.11 Å². The average Bonchev–Trinajstić information content (AvgIpc) is 2.18. The molecule has 5 heteroatoms. The molecule has 0 spiro atoms. The van der Waals surface area contributed by atoms with Crippen molar-refractivity contribution in [3.8, 4) is 0 Å². The summed E-state index contributed by atoms with van der Waals surface area (Å²) in [7, 11) is 0.947. The first-order chi connectivity index (χ1) is 6.10. The lowest BCUT2D eigenvalue weighted by atomic mass is 10.3. The minimum Gasteiger partial charge on any atom is -0.319 e. The summed E-state index contributed by atoms with van der Waals surface area (Å²) in [4.78, 5) is 3.71. The van der Waals surface area contributed by atoms with Crippen molar-refractivity contribution in [2.24, 2.45) is 0 Å². The molecule has 1 aromatic heterocycles. The molecule has 1 rings (SSSR count). The van der Waals surface area contributed by atoms with E-state index in [2.05, 4.69) is 25.7 Å². The summed E-state index contributed by atoms with van der Waals surface area (Å²) in [5.41, 5.74) is 0.182. The fourth-order valence-corrected chi connectivity index (χ4v) is 1.13. The number of ether oxygens (including phenoxy) is 1. The Morgan fingerprint density at radius 1 is 1.54 bits per heavy atom. The maximum atomic E-state index is 12.9. The number of alkyl halides is 3. The normalized spacial score (nSPS) is 11.7. The second kappa shape index (κ2) is 4.11. The second-order valence-corrected chi connectivity index (χ2v) is 2.93. The van der Waals surface area contributed by atoms with Crippen LogP contribution in [0.4, 0.5) is 8.78 Å². The van der Waals surface area contributed by atoms with Gasteiger partial charge in [-0.3, -0.25) is 0 Å². The average molecular weight is 252 g/mol. The molecule has 0 aromatic carbocycles. The number of nitrogens with zero attached hydrogens (tertiary/aromatic N) is 1. The zero-order chi connectivity index (χ0) is 9.90. The lowest BCUT2D eigenvalue weighted by Crippen LogP contribution is -2.17. The highest BCUT2D eigenvalue weighted by molar-refractivity contribution is 9.08. The van der Waals surface area contributed by atoms with Gasteiger partial charge < -0.3 is 4.74 Å². The first-order valence-electron chi connectivity index (χ1n) is 3.55. The van der Waals surface area contributed by atoms with Crippen LogP contribution in [-0.2, 0) is 16.2 Å². The van der Waals surface area contributed by atoms with E-state index in [0.717, 1.165) is 7.11 Å². The standard InChI is InChI=1S/C8H8BrF2NO/c1-13-8(10,11)7-4-2-3-6(5-9)12-7/h2-4H,5H2,1H3. The van der Waals surface area contributed by atoms with Gasteiger partial charge in [0.15, 0.2) is 0 Å². The third kappa shape index (κ3) is 2.45. The SMILES string of the molecule is COC(F)(F)c1cccc(CBr)n1. The Kier molecular flexibility index (Phi) is 3.33. The van der Waals surface area contributed by atoms with Crippen LogP contribution in [0, 0.1) is 0 Å². The van der Waals surface area contributed by atoms with Crippen molar-refractivity contribution in [1.82, 2.24) is 4.98 Å². The summed E-state index contributed by atoms with van der Waals surface area (Å²) in [5, 5.41) is 0.445. The van der Waals surface area contributed by atoms with Gasteiger partial charge in [0.25, 0.3) is 0 Å². The summed E-state index contributed by atoms with van der Waals surface area (Å²) in [6.07, 6.45) is -3.31. The van der Waals surface area contributed by atoms with Gasteiger partial charge in [-0.25, -0.2) is 4.98 Å². The molecule has 13 heavy (non-hydrogen) atoms. The molecule has 0 bridgehead atoms. The summed E-state index contributed by atoms with van der Waals surface area (Å²) < 4.78 is 29.8. The summed E-state index contributed by atoms with van der Waals surface area (Å²) in [6, 6.07) is 4.41. The summed E-state index contributed by atoms with van der Waals surface area (Å²) in [5.74, 6) is 0. The van der Waals surface area contributed by atoms with Crippen LogP contribution in [0.2, 0.25) is 0 Å². The van der Waals surface area contributed by atoms with E-state index in [4.69, 9.17) is 0 Å². The molecule has 0 unspecified atom stereocenters. The molecular formula is C8H8BrF2NO. The number of aromatic nitrogens is 1. The Morgan fingerprint density at radius 3 is 2.77 bits per heavy atom. The van der Waals surface area contributed by atoms with Crippen molar-refractivity contribution in [2.45, 2.75) is 11.4 Å². The van der Waals surface area contributed by atoms with Gasteiger partial charge in [-0.15, -0.1) is 0 Å².